The molecule has 0 aromatic heterocycles. The highest BCUT2D eigenvalue weighted by Crippen LogP contribution is 2.06. The van der Waals surface area contributed by atoms with Crippen LogP contribution in [0.25, 0.3) is 12.2 Å². The van der Waals surface area contributed by atoms with Gasteiger partial charge in [0.25, 0.3) is 0 Å². The smallest absolute Gasteiger partial charge is 0.423 e. The van der Waals surface area contributed by atoms with Gasteiger partial charge in [0, 0.05) is 0 Å². The van der Waals surface area contributed by atoms with Gasteiger partial charge < -0.3 is 20.1 Å². The van der Waals surface area contributed by atoms with Crippen LogP contribution in [0.4, 0.5) is 0 Å². The van der Waals surface area contributed by atoms with Crippen molar-refractivity contribution in [2.75, 3.05) is 0 Å². The van der Waals surface area contributed by atoms with Crippen molar-refractivity contribution in [2.24, 2.45) is 0 Å². The first kappa shape index (κ1) is 14.6. The van der Waals surface area contributed by atoms with Gasteiger partial charge in [-0.15, -0.1) is 0 Å². The molecule has 0 saturated carbocycles. The van der Waals surface area contributed by atoms with Crippen molar-refractivity contribution in [3.8, 4) is 0 Å². The lowest BCUT2D eigenvalue weighted by Crippen LogP contribution is -2.32. The molecule has 2 rings (SSSR count). The van der Waals surface area contributed by atoms with E-state index < -0.39 is 14.2 Å². The first-order chi connectivity index (χ1) is 9.59. The monoisotopic (exact) mass is 268 g/mol. The molecule has 0 heterocycles. The molecule has 0 aliphatic rings. The van der Waals surface area contributed by atoms with Gasteiger partial charge in [-0.05, 0) is 22.1 Å². The maximum atomic E-state index is 9.29. The Bertz CT molecular complexity index is 558. The molecule has 0 fully saturated rings. The normalized spacial score (nSPS) is 10.8. The van der Waals surface area contributed by atoms with Crippen molar-refractivity contribution < 1.29 is 20.1 Å². The van der Waals surface area contributed by atoms with E-state index in [-0.39, 0.29) is 0 Å². The molecule has 4 nitrogen and oxygen atoms in total. The SMILES string of the molecule is OB(O)c1ccccc1/C=C/c1ccccc1B(O)O. The van der Waals surface area contributed by atoms with Crippen LogP contribution in [0.2, 0.25) is 0 Å². The van der Waals surface area contributed by atoms with Crippen molar-refractivity contribution in [1.29, 1.82) is 0 Å². The van der Waals surface area contributed by atoms with Gasteiger partial charge in [0.15, 0.2) is 0 Å². The molecule has 0 spiro atoms. The van der Waals surface area contributed by atoms with Crippen LogP contribution >= 0.6 is 0 Å². The third-order valence-corrected chi connectivity index (χ3v) is 2.99. The minimum Gasteiger partial charge on any atom is -0.423 e. The van der Waals surface area contributed by atoms with Gasteiger partial charge in [0.1, 0.15) is 0 Å². The lowest BCUT2D eigenvalue weighted by molar-refractivity contribution is 0.424. The molecule has 0 aliphatic carbocycles. The molecule has 0 radical (unpaired) electrons. The highest BCUT2D eigenvalue weighted by atomic mass is 16.4. The van der Waals surface area contributed by atoms with E-state index in [0.29, 0.717) is 22.1 Å². The first-order valence-corrected chi connectivity index (χ1v) is 6.18. The van der Waals surface area contributed by atoms with Crippen molar-refractivity contribution in [3.63, 3.8) is 0 Å². The maximum absolute atomic E-state index is 9.29. The largest absolute Gasteiger partial charge is 0.489 e. The summed E-state index contributed by atoms with van der Waals surface area (Å²) in [7, 11) is -3.09. The van der Waals surface area contributed by atoms with E-state index in [9.17, 15) is 20.1 Å². The average molecular weight is 268 g/mol. The minimum atomic E-state index is -1.55. The van der Waals surface area contributed by atoms with Gasteiger partial charge in [-0.25, -0.2) is 0 Å². The van der Waals surface area contributed by atoms with Gasteiger partial charge in [0.05, 0.1) is 0 Å². The summed E-state index contributed by atoms with van der Waals surface area (Å²) in [5.41, 5.74) is 2.10. The Morgan fingerprint density at radius 3 is 1.30 bits per heavy atom. The summed E-state index contributed by atoms with van der Waals surface area (Å²) < 4.78 is 0. The summed E-state index contributed by atoms with van der Waals surface area (Å²) in [6, 6.07) is 13.8. The molecule has 0 amide bonds. The van der Waals surface area contributed by atoms with Crippen molar-refractivity contribution >= 4 is 37.3 Å². The molecule has 0 unspecified atom stereocenters. The zero-order valence-corrected chi connectivity index (χ0v) is 10.7. The summed E-state index contributed by atoms with van der Waals surface area (Å²) in [4.78, 5) is 0. The molecule has 0 saturated heterocycles. The van der Waals surface area contributed by atoms with Crippen molar-refractivity contribution in [2.45, 2.75) is 0 Å². The molecular formula is C14H14B2O4. The quantitative estimate of drug-likeness (QED) is 0.433. The predicted molar refractivity (Wildman–Crippen MR) is 81.5 cm³/mol. The topological polar surface area (TPSA) is 80.9 Å². The lowest BCUT2D eigenvalue weighted by Gasteiger charge is -2.06. The van der Waals surface area contributed by atoms with E-state index >= 15 is 0 Å². The van der Waals surface area contributed by atoms with Gasteiger partial charge in [-0.2, -0.15) is 0 Å². The van der Waals surface area contributed by atoms with E-state index in [1.54, 1.807) is 60.7 Å². The second-order valence-corrected chi connectivity index (χ2v) is 4.34. The Kier molecular flexibility index (Phi) is 4.76. The molecule has 4 N–H and O–H groups in total. The van der Waals surface area contributed by atoms with E-state index in [0.717, 1.165) is 0 Å². The predicted octanol–water partition coefficient (Wildman–Crippen LogP) is -0.783. The van der Waals surface area contributed by atoms with Gasteiger partial charge >= 0.3 is 14.2 Å². The summed E-state index contributed by atoms with van der Waals surface area (Å²) in [6.07, 6.45) is 3.41. The zero-order chi connectivity index (χ0) is 14.5. The van der Waals surface area contributed by atoms with E-state index in [4.69, 9.17) is 0 Å². The van der Waals surface area contributed by atoms with Crippen LogP contribution in [0.3, 0.4) is 0 Å². The van der Waals surface area contributed by atoms with Gasteiger partial charge in [0.2, 0.25) is 0 Å². The minimum absolute atomic E-state index is 0.394. The molecule has 0 atom stereocenters. The van der Waals surface area contributed by atoms with Crippen LogP contribution in [0.15, 0.2) is 48.5 Å². The second-order valence-electron chi connectivity index (χ2n) is 4.34. The zero-order valence-electron chi connectivity index (χ0n) is 10.7. The van der Waals surface area contributed by atoms with Crippen LogP contribution in [-0.4, -0.2) is 34.3 Å². The highest BCUT2D eigenvalue weighted by molar-refractivity contribution is 6.60. The van der Waals surface area contributed by atoms with Crippen molar-refractivity contribution in [3.05, 3.63) is 59.7 Å². The van der Waals surface area contributed by atoms with Crippen LogP contribution in [0.5, 0.6) is 0 Å². The molecule has 0 aliphatic heterocycles. The Morgan fingerprint density at radius 1 is 0.600 bits per heavy atom. The second kappa shape index (κ2) is 6.54. The molecule has 2 aromatic rings. The van der Waals surface area contributed by atoms with Gasteiger partial charge in [-0.3, -0.25) is 0 Å². The Hall–Kier alpha value is -1.85. The average Bonchev–Trinajstić information content (AvgIpc) is 2.45. The number of benzene rings is 2. The molecule has 6 heteroatoms. The number of rotatable bonds is 4. The third kappa shape index (κ3) is 3.37. The fourth-order valence-corrected chi connectivity index (χ4v) is 1.98. The summed E-state index contributed by atoms with van der Waals surface area (Å²) in [5.74, 6) is 0. The van der Waals surface area contributed by atoms with Crippen LogP contribution in [-0.2, 0) is 0 Å². The van der Waals surface area contributed by atoms with Gasteiger partial charge in [-0.1, -0.05) is 60.7 Å². The molecule has 0 bridgehead atoms. The maximum Gasteiger partial charge on any atom is 0.489 e. The van der Waals surface area contributed by atoms with Crippen molar-refractivity contribution in [1.82, 2.24) is 0 Å². The van der Waals surface area contributed by atoms with E-state index in [2.05, 4.69) is 0 Å². The Balaban J connectivity index is 2.35. The standard InChI is InChI=1S/C14H14B2O4/c17-15(18)13-7-3-1-5-11(13)9-10-12-6-2-4-8-14(12)16(19)20/h1-10,17-20H/b10-9+. The number of hydrogen-bond acceptors (Lipinski definition) is 4. The molecule has 20 heavy (non-hydrogen) atoms. The fraction of sp³-hybridized carbons (Fsp3) is 0. The summed E-state index contributed by atoms with van der Waals surface area (Å²) in [5, 5.41) is 37.1. The molecule has 2 aromatic carbocycles. The Morgan fingerprint density at radius 2 is 0.950 bits per heavy atom. The lowest BCUT2D eigenvalue weighted by atomic mass is 9.75. The Labute approximate surface area is 117 Å². The fourth-order valence-electron chi connectivity index (χ4n) is 1.98. The molecular weight excluding hydrogens is 254 g/mol. The van der Waals surface area contributed by atoms with E-state index in [1.807, 2.05) is 0 Å². The number of hydrogen-bond donors (Lipinski definition) is 4. The van der Waals surface area contributed by atoms with Crippen LogP contribution in [0.1, 0.15) is 11.1 Å². The van der Waals surface area contributed by atoms with Crippen LogP contribution < -0.4 is 10.9 Å². The third-order valence-electron chi connectivity index (χ3n) is 2.99. The highest BCUT2D eigenvalue weighted by Gasteiger charge is 2.15. The summed E-state index contributed by atoms with van der Waals surface area (Å²) in [6.45, 7) is 0. The van der Waals surface area contributed by atoms with E-state index in [1.165, 1.54) is 0 Å². The van der Waals surface area contributed by atoms with Crippen LogP contribution in [0, 0.1) is 0 Å². The summed E-state index contributed by atoms with van der Waals surface area (Å²) >= 11 is 0. The first-order valence-electron chi connectivity index (χ1n) is 6.18. The molecule has 100 valence electrons.